The number of amides is 2. The van der Waals surface area contributed by atoms with Crippen LogP contribution in [0.1, 0.15) is 44.6 Å². The standard InChI is InChI=1S/C35H41ClN4O6S.CH2O2/c1-25(34(42)39-18-7-10-30(39)22-37-16-5-6-17-37)38-19-15-32(35(38)43)40(23-33(41)46-24-26-8-3-2-4-9-26)47(44,45)31-14-12-27-20-29(36)13-11-28(27)21-31;2-1-3/h2-4,8-9,11-14,20-21,25,30,32H,5-7,10,15-19,22-24H2,1H3;1H,(H,2,3)/t25-,30-,32-;/m0./s1. The van der Waals surface area contributed by atoms with Crippen molar-refractivity contribution in [3.63, 3.8) is 0 Å². The molecule has 3 aliphatic heterocycles. The average Bonchev–Trinajstić information content (AvgIpc) is 3.88. The zero-order chi connectivity index (χ0) is 35.8. The topological polar surface area (TPSA) is 145 Å². The van der Waals surface area contributed by atoms with E-state index in [1.807, 2.05) is 23.1 Å². The van der Waals surface area contributed by atoms with Gasteiger partial charge in [-0.1, -0.05) is 54.1 Å². The minimum Gasteiger partial charge on any atom is -0.483 e. The highest BCUT2D eigenvalue weighted by atomic mass is 35.5. The van der Waals surface area contributed by atoms with Crippen LogP contribution in [0.2, 0.25) is 5.02 Å². The summed E-state index contributed by atoms with van der Waals surface area (Å²) in [6, 6.07) is 17.0. The van der Waals surface area contributed by atoms with E-state index >= 15 is 0 Å². The Hall–Kier alpha value is -4.04. The van der Waals surface area contributed by atoms with Crippen molar-refractivity contribution in [2.75, 3.05) is 39.3 Å². The number of carbonyl (C=O) groups excluding carboxylic acids is 3. The van der Waals surface area contributed by atoms with Gasteiger partial charge in [0.25, 0.3) is 6.47 Å². The number of rotatable bonds is 11. The second-order valence-electron chi connectivity index (χ2n) is 12.8. The van der Waals surface area contributed by atoms with Gasteiger partial charge in [-0.25, -0.2) is 8.42 Å². The van der Waals surface area contributed by atoms with Crippen LogP contribution in [-0.2, 0) is 40.5 Å². The number of nitrogens with zero attached hydrogens (tertiary/aromatic N) is 4. The Morgan fingerprint density at radius 2 is 1.66 bits per heavy atom. The fourth-order valence-corrected chi connectivity index (χ4v) is 8.83. The largest absolute Gasteiger partial charge is 0.483 e. The molecule has 0 unspecified atom stereocenters. The van der Waals surface area contributed by atoms with Gasteiger partial charge in [-0.2, -0.15) is 4.31 Å². The Kier molecular flexibility index (Phi) is 12.5. The van der Waals surface area contributed by atoms with Crippen LogP contribution >= 0.6 is 11.6 Å². The van der Waals surface area contributed by atoms with Crippen LogP contribution in [-0.4, -0.2) is 114 Å². The molecule has 0 saturated carbocycles. The second-order valence-corrected chi connectivity index (χ2v) is 15.1. The van der Waals surface area contributed by atoms with Crippen molar-refractivity contribution in [1.29, 1.82) is 0 Å². The molecule has 0 aromatic heterocycles. The number of hydrogen-bond donors (Lipinski definition) is 1. The van der Waals surface area contributed by atoms with E-state index in [4.69, 9.17) is 26.2 Å². The molecule has 0 bridgehead atoms. The van der Waals surface area contributed by atoms with E-state index in [9.17, 15) is 22.8 Å². The SMILES string of the molecule is C[C@@H](C(=O)N1CCC[C@H]1CN1CCCC1)N1CC[C@H](N(CC(=O)OCc2ccccc2)S(=O)(=O)c2ccc3cc(Cl)ccc3c2)C1=O.O=CO. The van der Waals surface area contributed by atoms with Gasteiger partial charge in [0.2, 0.25) is 21.8 Å². The predicted octanol–water partition coefficient (Wildman–Crippen LogP) is 4.00. The van der Waals surface area contributed by atoms with Gasteiger partial charge in [0.15, 0.2) is 0 Å². The summed E-state index contributed by atoms with van der Waals surface area (Å²) in [5, 5.41) is 8.81. The quantitative estimate of drug-likeness (QED) is 0.229. The molecule has 3 saturated heterocycles. The number of sulfonamides is 1. The maximum atomic E-state index is 14.3. The summed E-state index contributed by atoms with van der Waals surface area (Å²) in [5.74, 6) is -1.39. The van der Waals surface area contributed by atoms with Gasteiger partial charge in [0, 0.05) is 30.7 Å². The Bertz CT molecular complexity index is 1790. The maximum Gasteiger partial charge on any atom is 0.321 e. The molecule has 50 heavy (non-hydrogen) atoms. The summed E-state index contributed by atoms with van der Waals surface area (Å²) in [6.45, 7) is 4.56. The van der Waals surface area contributed by atoms with Crippen LogP contribution in [0.3, 0.4) is 0 Å². The Balaban J connectivity index is 0.00000156. The lowest BCUT2D eigenvalue weighted by Crippen LogP contribution is -2.53. The monoisotopic (exact) mass is 726 g/mol. The summed E-state index contributed by atoms with van der Waals surface area (Å²) >= 11 is 6.13. The third kappa shape index (κ3) is 8.63. The number of esters is 1. The molecule has 3 aliphatic rings. The van der Waals surface area contributed by atoms with Crippen molar-refractivity contribution in [3.8, 4) is 0 Å². The lowest BCUT2D eigenvalue weighted by atomic mass is 10.1. The minimum absolute atomic E-state index is 0.0327. The van der Waals surface area contributed by atoms with E-state index < -0.39 is 40.5 Å². The van der Waals surface area contributed by atoms with E-state index in [1.54, 1.807) is 43.3 Å². The van der Waals surface area contributed by atoms with Gasteiger partial charge in [-0.15, -0.1) is 0 Å². The van der Waals surface area contributed by atoms with Gasteiger partial charge in [0.1, 0.15) is 25.2 Å². The van der Waals surface area contributed by atoms with E-state index in [0.717, 1.165) is 47.7 Å². The zero-order valence-corrected chi connectivity index (χ0v) is 29.6. The van der Waals surface area contributed by atoms with Gasteiger partial charge >= 0.3 is 5.97 Å². The fraction of sp³-hybridized carbons (Fsp3) is 0.444. The van der Waals surface area contributed by atoms with Crippen molar-refractivity contribution in [1.82, 2.24) is 19.0 Å². The Morgan fingerprint density at radius 1 is 0.980 bits per heavy atom. The summed E-state index contributed by atoms with van der Waals surface area (Å²) < 4.78 is 34.9. The van der Waals surface area contributed by atoms with E-state index in [0.29, 0.717) is 17.0 Å². The van der Waals surface area contributed by atoms with Crippen LogP contribution in [0.4, 0.5) is 0 Å². The van der Waals surface area contributed by atoms with Crippen LogP contribution in [0, 0.1) is 0 Å². The Labute approximate surface area is 297 Å². The lowest BCUT2D eigenvalue weighted by molar-refractivity contribution is -0.147. The molecule has 3 fully saturated rings. The highest BCUT2D eigenvalue weighted by Gasteiger charge is 2.46. The smallest absolute Gasteiger partial charge is 0.321 e. The number of halogens is 1. The van der Waals surface area contributed by atoms with Crippen molar-refractivity contribution in [2.24, 2.45) is 0 Å². The molecule has 3 heterocycles. The number of likely N-dealkylation sites (tertiary alicyclic amines) is 3. The number of benzene rings is 3. The molecule has 0 spiro atoms. The van der Waals surface area contributed by atoms with E-state index in [2.05, 4.69) is 4.90 Å². The highest BCUT2D eigenvalue weighted by Crippen LogP contribution is 2.30. The molecule has 1 N–H and O–H groups in total. The summed E-state index contributed by atoms with van der Waals surface area (Å²) in [7, 11) is -4.35. The molecule has 14 heteroatoms. The lowest BCUT2D eigenvalue weighted by Gasteiger charge is -2.34. The first-order valence-electron chi connectivity index (χ1n) is 16.9. The van der Waals surface area contributed by atoms with Gasteiger partial charge in [-0.3, -0.25) is 19.2 Å². The molecular weight excluding hydrogens is 684 g/mol. The number of hydrogen-bond acceptors (Lipinski definition) is 8. The summed E-state index contributed by atoms with van der Waals surface area (Å²) in [5.41, 5.74) is 0.754. The van der Waals surface area contributed by atoms with Crippen LogP contribution < -0.4 is 0 Å². The zero-order valence-electron chi connectivity index (χ0n) is 28.0. The van der Waals surface area contributed by atoms with Gasteiger partial charge < -0.3 is 24.5 Å². The van der Waals surface area contributed by atoms with Crippen molar-refractivity contribution < 1.29 is 37.4 Å². The number of fused-ring (bicyclic) bond motifs is 1. The minimum atomic E-state index is -4.35. The third-order valence-corrected chi connectivity index (χ3v) is 11.7. The summed E-state index contributed by atoms with van der Waals surface area (Å²) in [4.78, 5) is 55.1. The normalized spacial score (nSPS) is 20.2. The molecule has 12 nitrogen and oxygen atoms in total. The van der Waals surface area contributed by atoms with E-state index in [1.165, 1.54) is 29.9 Å². The van der Waals surface area contributed by atoms with Crippen LogP contribution in [0.15, 0.2) is 71.6 Å². The first kappa shape index (κ1) is 37.2. The number of carbonyl (C=O) groups is 4. The predicted molar refractivity (Wildman–Crippen MR) is 188 cm³/mol. The molecule has 2 amide bonds. The van der Waals surface area contributed by atoms with Gasteiger partial charge in [-0.05, 0) is 92.7 Å². The second kappa shape index (κ2) is 16.8. The molecule has 3 aromatic carbocycles. The van der Waals surface area contributed by atoms with Crippen LogP contribution in [0.25, 0.3) is 10.8 Å². The van der Waals surface area contributed by atoms with E-state index in [-0.39, 0.29) is 42.9 Å². The molecule has 3 atom stereocenters. The summed E-state index contributed by atoms with van der Waals surface area (Å²) in [6.07, 6.45) is 4.34. The first-order chi connectivity index (χ1) is 24.0. The number of ether oxygens (including phenoxy) is 1. The van der Waals surface area contributed by atoms with Crippen molar-refractivity contribution >= 4 is 56.7 Å². The van der Waals surface area contributed by atoms with Crippen molar-refractivity contribution in [2.45, 2.75) is 68.7 Å². The van der Waals surface area contributed by atoms with Crippen molar-refractivity contribution in [3.05, 3.63) is 77.3 Å². The van der Waals surface area contributed by atoms with Crippen LogP contribution in [0.5, 0.6) is 0 Å². The first-order valence-corrected chi connectivity index (χ1v) is 18.7. The molecule has 6 rings (SSSR count). The maximum absolute atomic E-state index is 14.3. The highest BCUT2D eigenvalue weighted by molar-refractivity contribution is 7.89. The average molecular weight is 727 g/mol. The molecule has 0 radical (unpaired) electrons. The Morgan fingerprint density at radius 3 is 2.38 bits per heavy atom. The number of carboxylic acid groups (broad SMARTS) is 1. The molecule has 3 aromatic rings. The molecule has 268 valence electrons. The molecule has 0 aliphatic carbocycles. The third-order valence-electron chi connectivity index (χ3n) is 9.62. The molecular formula is C36H43ClN4O8S. The fourth-order valence-electron chi connectivity index (χ4n) is 7.05. The van der Waals surface area contributed by atoms with Gasteiger partial charge in [0.05, 0.1) is 4.90 Å².